The number of carbonyl (C=O) groups excluding carboxylic acids is 1. The molecule has 0 atom stereocenters. The third-order valence-corrected chi connectivity index (χ3v) is 4.61. The maximum absolute atomic E-state index is 12.4. The van der Waals surface area contributed by atoms with E-state index in [2.05, 4.69) is 51.9 Å². The Bertz CT molecular complexity index is 858. The zero-order valence-electron chi connectivity index (χ0n) is 13.0. The van der Waals surface area contributed by atoms with Crippen LogP contribution in [0.3, 0.4) is 0 Å². The zero-order valence-corrected chi connectivity index (χ0v) is 13.0. The number of aromatic amines is 1. The van der Waals surface area contributed by atoms with E-state index >= 15 is 0 Å². The van der Waals surface area contributed by atoms with Crippen molar-refractivity contribution < 1.29 is 4.79 Å². The fourth-order valence-electron chi connectivity index (χ4n) is 3.39. The molecule has 0 saturated heterocycles. The molecule has 4 rings (SSSR count). The van der Waals surface area contributed by atoms with Crippen LogP contribution in [0.5, 0.6) is 0 Å². The van der Waals surface area contributed by atoms with Crippen LogP contribution >= 0.6 is 0 Å². The Labute approximate surface area is 134 Å². The lowest BCUT2D eigenvalue weighted by molar-refractivity contribution is 0.0935. The summed E-state index contributed by atoms with van der Waals surface area (Å²) in [5, 5.41) is 13.7. The van der Waals surface area contributed by atoms with Crippen LogP contribution in [0.25, 0.3) is 11.0 Å². The number of fused-ring (bicyclic) bond motifs is 2. The van der Waals surface area contributed by atoms with Gasteiger partial charge in [-0.1, -0.05) is 31.2 Å². The van der Waals surface area contributed by atoms with Crippen molar-refractivity contribution in [1.82, 2.24) is 20.7 Å². The van der Waals surface area contributed by atoms with Crippen molar-refractivity contribution in [3.8, 4) is 0 Å². The lowest BCUT2D eigenvalue weighted by Crippen LogP contribution is -2.36. The minimum absolute atomic E-state index is 0.0629. The van der Waals surface area contributed by atoms with E-state index in [1.807, 2.05) is 0 Å². The quantitative estimate of drug-likeness (QED) is 0.781. The number of aromatic nitrogens is 3. The zero-order chi connectivity index (χ0) is 15.9. The molecule has 1 aromatic heterocycles. The Morgan fingerprint density at radius 1 is 1.13 bits per heavy atom. The summed E-state index contributed by atoms with van der Waals surface area (Å²) in [5.74, 6) is -0.0629. The van der Waals surface area contributed by atoms with Crippen LogP contribution in [0.2, 0.25) is 0 Å². The largest absolute Gasteiger partial charge is 0.351 e. The molecule has 23 heavy (non-hydrogen) atoms. The molecular weight excluding hydrogens is 288 g/mol. The Balaban J connectivity index is 1.45. The lowest BCUT2D eigenvalue weighted by atomic mass is 9.87. The van der Waals surface area contributed by atoms with Gasteiger partial charge in [-0.3, -0.25) is 4.79 Å². The van der Waals surface area contributed by atoms with Gasteiger partial charge in [-0.2, -0.15) is 15.4 Å². The summed E-state index contributed by atoms with van der Waals surface area (Å²) in [4.78, 5) is 12.4. The number of amides is 1. The van der Waals surface area contributed by atoms with Gasteiger partial charge < -0.3 is 5.32 Å². The first-order chi connectivity index (χ1) is 11.1. The van der Waals surface area contributed by atoms with Crippen LogP contribution in [-0.4, -0.2) is 27.9 Å². The van der Waals surface area contributed by atoms with Crippen LogP contribution in [-0.2, 0) is 12.8 Å². The maximum Gasteiger partial charge on any atom is 0.251 e. The van der Waals surface area contributed by atoms with Crippen LogP contribution in [0.1, 0.15) is 28.4 Å². The fourth-order valence-corrected chi connectivity index (χ4v) is 3.39. The number of nitrogens with one attached hydrogen (secondary N) is 2. The van der Waals surface area contributed by atoms with E-state index in [0.29, 0.717) is 17.6 Å². The molecule has 3 aromatic rings. The van der Waals surface area contributed by atoms with E-state index in [1.165, 1.54) is 11.1 Å². The van der Waals surface area contributed by atoms with Gasteiger partial charge in [0.1, 0.15) is 11.0 Å². The smallest absolute Gasteiger partial charge is 0.251 e. The van der Waals surface area contributed by atoms with Crippen LogP contribution in [0.4, 0.5) is 0 Å². The predicted octanol–water partition coefficient (Wildman–Crippen LogP) is 2.49. The molecule has 0 bridgehead atoms. The molecule has 5 heteroatoms. The number of nitrogens with zero attached hydrogens (tertiary/aromatic N) is 2. The molecule has 0 aliphatic heterocycles. The summed E-state index contributed by atoms with van der Waals surface area (Å²) in [7, 11) is 0. The van der Waals surface area contributed by atoms with Crippen molar-refractivity contribution in [2.75, 3.05) is 6.54 Å². The molecule has 2 aromatic carbocycles. The summed E-state index contributed by atoms with van der Waals surface area (Å²) in [6.07, 6.45) is 2.01. The second-order valence-corrected chi connectivity index (χ2v) is 6.64. The second-order valence-electron chi connectivity index (χ2n) is 6.64. The topological polar surface area (TPSA) is 70.7 Å². The molecule has 1 aliphatic carbocycles. The number of benzene rings is 2. The minimum atomic E-state index is -0.0629. The first-order valence-electron chi connectivity index (χ1n) is 7.79. The average Bonchev–Trinajstić information content (AvgIpc) is 3.15. The Kier molecular flexibility index (Phi) is 3.15. The van der Waals surface area contributed by atoms with E-state index in [-0.39, 0.29) is 11.3 Å². The first-order valence-corrected chi connectivity index (χ1v) is 7.79. The highest BCUT2D eigenvalue weighted by Crippen LogP contribution is 2.35. The van der Waals surface area contributed by atoms with E-state index in [1.54, 1.807) is 18.2 Å². The molecule has 1 aliphatic rings. The van der Waals surface area contributed by atoms with Gasteiger partial charge in [0.2, 0.25) is 0 Å². The van der Waals surface area contributed by atoms with Crippen molar-refractivity contribution in [2.45, 2.75) is 19.8 Å². The van der Waals surface area contributed by atoms with Gasteiger partial charge in [0, 0.05) is 12.1 Å². The lowest BCUT2D eigenvalue weighted by Gasteiger charge is -2.24. The van der Waals surface area contributed by atoms with E-state index in [9.17, 15) is 4.79 Å². The third kappa shape index (κ3) is 2.59. The normalized spacial score (nSPS) is 15.5. The van der Waals surface area contributed by atoms with E-state index < -0.39 is 0 Å². The Morgan fingerprint density at radius 3 is 2.57 bits per heavy atom. The molecule has 0 radical (unpaired) electrons. The van der Waals surface area contributed by atoms with Gasteiger partial charge >= 0.3 is 0 Å². The molecule has 1 heterocycles. The van der Waals surface area contributed by atoms with Crippen molar-refractivity contribution in [2.24, 2.45) is 5.41 Å². The predicted molar refractivity (Wildman–Crippen MR) is 88.2 cm³/mol. The molecular formula is C18H18N4O. The average molecular weight is 306 g/mol. The maximum atomic E-state index is 12.4. The van der Waals surface area contributed by atoms with Gasteiger partial charge in [-0.15, -0.1) is 0 Å². The van der Waals surface area contributed by atoms with Crippen LogP contribution < -0.4 is 5.32 Å². The minimum Gasteiger partial charge on any atom is -0.351 e. The molecule has 5 nitrogen and oxygen atoms in total. The highest BCUT2D eigenvalue weighted by Gasteiger charge is 2.32. The number of rotatable bonds is 3. The summed E-state index contributed by atoms with van der Waals surface area (Å²) in [5.41, 5.74) is 4.96. The summed E-state index contributed by atoms with van der Waals surface area (Å²) in [6, 6.07) is 13.9. The monoisotopic (exact) mass is 306 g/mol. The van der Waals surface area contributed by atoms with Gasteiger partial charge in [0.15, 0.2) is 0 Å². The Morgan fingerprint density at radius 2 is 1.83 bits per heavy atom. The molecule has 0 fully saturated rings. The van der Waals surface area contributed by atoms with Crippen molar-refractivity contribution >= 4 is 16.9 Å². The van der Waals surface area contributed by atoms with Crippen LogP contribution in [0.15, 0.2) is 42.5 Å². The number of H-pyrrole nitrogens is 1. The number of hydrogen-bond donors (Lipinski definition) is 2. The molecule has 2 N–H and O–H groups in total. The molecule has 116 valence electrons. The van der Waals surface area contributed by atoms with Crippen molar-refractivity contribution in [1.29, 1.82) is 0 Å². The van der Waals surface area contributed by atoms with Crippen molar-refractivity contribution in [3.63, 3.8) is 0 Å². The summed E-state index contributed by atoms with van der Waals surface area (Å²) < 4.78 is 0. The van der Waals surface area contributed by atoms with Gasteiger partial charge in [-0.25, -0.2) is 0 Å². The highest BCUT2D eigenvalue weighted by molar-refractivity contribution is 5.97. The molecule has 1 amide bonds. The molecule has 0 saturated carbocycles. The molecule has 0 unspecified atom stereocenters. The highest BCUT2D eigenvalue weighted by atomic mass is 16.1. The summed E-state index contributed by atoms with van der Waals surface area (Å²) in [6.45, 7) is 2.89. The van der Waals surface area contributed by atoms with E-state index in [4.69, 9.17) is 0 Å². The standard InChI is InChI=1S/C18H18N4O/c1-18(9-13-4-2-3-5-14(13)10-18)11-19-17(23)12-6-7-15-16(8-12)21-22-20-15/h2-8H,9-11H2,1H3,(H,19,23)(H,20,21,22). The SMILES string of the molecule is CC1(CNC(=O)c2ccc3n[nH]nc3c2)Cc2ccccc2C1. The number of hydrogen-bond acceptors (Lipinski definition) is 3. The van der Waals surface area contributed by atoms with E-state index in [0.717, 1.165) is 18.4 Å². The van der Waals surface area contributed by atoms with Gasteiger partial charge in [0.05, 0.1) is 0 Å². The van der Waals surface area contributed by atoms with Gasteiger partial charge in [0.25, 0.3) is 5.91 Å². The fraction of sp³-hybridized carbons (Fsp3) is 0.278. The van der Waals surface area contributed by atoms with Gasteiger partial charge in [-0.05, 0) is 47.6 Å². The van der Waals surface area contributed by atoms with Crippen LogP contribution in [0, 0.1) is 5.41 Å². The number of carbonyl (C=O) groups is 1. The Hall–Kier alpha value is -2.69. The first kappa shape index (κ1) is 13.9. The van der Waals surface area contributed by atoms with Crippen molar-refractivity contribution in [3.05, 3.63) is 59.2 Å². The molecule has 0 spiro atoms. The third-order valence-electron chi connectivity index (χ3n) is 4.61. The summed E-state index contributed by atoms with van der Waals surface area (Å²) >= 11 is 0. The second kappa shape index (κ2) is 5.19.